The first-order valence-corrected chi connectivity index (χ1v) is 8.16. The Balaban J connectivity index is 2.05. The van der Waals surface area contributed by atoms with Crippen LogP contribution in [0.1, 0.15) is 26.8 Å². The number of aromatic hydroxyl groups is 1. The van der Waals surface area contributed by atoms with Gasteiger partial charge in [-0.1, -0.05) is 6.07 Å². The normalized spacial score (nSPS) is 19.3. The number of benzene rings is 2. The summed E-state index contributed by atoms with van der Waals surface area (Å²) in [5.74, 6) is 1.61. The molecule has 134 valence electrons. The summed E-state index contributed by atoms with van der Waals surface area (Å²) in [7, 11) is 4.63. The summed E-state index contributed by atoms with van der Waals surface area (Å²) >= 11 is 0. The van der Waals surface area contributed by atoms with E-state index in [0.29, 0.717) is 36.6 Å². The zero-order valence-electron chi connectivity index (χ0n) is 17.7. The predicted octanol–water partition coefficient (Wildman–Crippen LogP) is 3.19. The molecule has 0 saturated carbocycles. The molecule has 0 aliphatic carbocycles. The van der Waals surface area contributed by atoms with E-state index >= 15 is 0 Å². The fourth-order valence-electron chi connectivity index (χ4n) is 3.33. The molecule has 1 aliphatic heterocycles. The number of methoxy groups -OCH3 is 3. The summed E-state index contributed by atoms with van der Waals surface area (Å²) in [5.41, 5.74) is 2.76. The predicted molar refractivity (Wildman–Crippen MR) is 97.0 cm³/mol. The summed E-state index contributed by atoms with van der Waals surface area (Å²) in [6.45, 7) is -1.82. The third kappa shape index (κ3) is 3.37. The smallest absolute Gasteiger partial charge is 0.161 e. The summed E-state index contributed by atoms with van der Waals surface area (Å²) in [4.78, 5) is 1.53. The lowest BCUT2D eigenvalue weighted by Crippen LogP contribution is -2.33. The van der Waals surface area contributed by atoms with Crippen molar-refractivity contribution in [3.05, 3.63) is 47.0 Å². The van der Waals surface area contributed by atoms with Crippen molar-refractivity contribution in [3.63, 3.8) is 0 Å². The van der Waals surface area contributed by atoms with Crippen LogP contribution in [0.15, 0.2) is 30.3 Å². The standard InChI is InChI=1S/C20H25NO4/c1-21-8-7-14-11-19(24-3)20(25-4)12-15(14)16(21)9-13-5-6-18(23-2)17(22)10-13/h5-6,10-12,16,22H,7-9H2,1-4H3/i1D3. The van der Waals surface area contributed by atoms with Crippen LogP contribution in [0.5, 0.6) is 23.0 Å². The van der Waals surface area contributed by atoms with Crippen molar-refractivity contribution in [2.45, 2.75) is 18.9 Å². The average Bonchev–Trinajstić information content (AvgIpc) is 2.66. The van der Waals surface area contributed by atoms with Crippen molar-refractivity contribution < 1.29 is 23.4 Å². The van der Waals surface area contributed by atoms with Gasteiger partial charge in [-0.25, -0.2) is 0 Å². The minimum atomic E-state index is -2.23. The zero-order valence-corrected chi connectivity index (χ0v) is 14.7. The molecule has 2 aromatic rings. The first-order valence-electron chi connectivity index (χ1n) is 9.66. The van der Waals surface area contributed by atoms with Crippen molar-refractivity contribution in [1.82, 2.24) is 4.90 Å². The van der Waals surface area contributed by atoms with Crippen LogP contribution in [0.4, 0.5) is 0 Å². The number of hydrogen-bond donors (Lipinski definition) is 1. The number of rotatable bonds is 5. The molecule has 2 aromatic carbocycles. The molecule has 5 nitrogen and oxygen atoms in total. The molecule has 1 aliphatic rings. The molecule has 1 unspecified atom stereocenters. The first-order chi connectivity index (χ1) is 13.3. The summed E-state index contributed by atoms with van der Waals surface area (Å²) < 4.78 is 39.9. The zero-order chi connectivity index (χ0) is 20.5. The van der Waals surface area contributed by atoms with Gasteiger partial charge in [0.2, 0.25) is 0 Å². The van der Waals surface area contributed by atoms with Crippen molar-refractivity contribution >= 4 is 0 Å². The third-order valence-electron chi connectivity index (χ3n) is 4.67. The Hall–Kier alpha value is -2.40. The van der Waals surface area contributed by atoms with Crippen LogP contribution in [-0.4, -0.2) is 44.9 Å². The van der Waals surface area contributed by atoms with Gasteiger partial charge in [0.25, 0.3) is 0 Å². The Morgan fingerprint density at radius 1 is 1.08 bits per heavy atom. The molecular formula is C20H25NO4. The van der Waals surface area contributed by atoms with Gasteiger partial charge in [0.05, 0.1) is 21.3 Å². The molecule has 1 atom stereocenters. The van der Waals surface area contributed by atoms with Crippen molar-refractivity contribution in [2.24, 2.45) is 0 Å². The Bertz CT molecular complexity index is 854. The van der Waals surface area contributed by atoms with Crippen molar-refractivity contribution in [3.8, 4) is 23.0 Å². The fourth-order valence-corrected chi connectivity index (χ4v) is 3.33. The topological polar surface area (TPSA) is 51.2 Å². The largest absolute Gasteiger partial charge is 0.504 e. The summed E-state index contributed by atoms with van der Waals surface area (Å²) in [6, 6.07) is 8.53. The molecule has 0 fully saturated rings. The van der Waals surface area contributed by atoms with E-state index in [-0.39, 0.29) is 11.8 Å². The highest BCUT2D eigenvalue weighted by atomic mass is 16.5. The second-order valence-electron chi connectivity index (χ2n) is 6.08. The van der Waals surface area contributed by atoms with E-state index in [0.717, 1.165) is 16.7 Å². The van der Waals surface area contributed by atoms with Crippen LogP contribution in [0.3, 0.4) is 0 Å². The molecule has 1 N–H and O–H groups in total. The molecule has 0 amide bonds. The van der Waals surface area contributed by atoms with Gasteiger partial charge in [0.15, 0.2) is 23.0 Å². The molecule has 5 heteroatoms. The van der Waals surface area contributed by atoms with E-state index in [9.17, 15) is 5.11 Å². The minimum absolute atomic E-state index is 0.0313. The molecule has 25 heavy (non-hydrogen) atoms. The van der Waals surface area contributed by atoms with E-state index < -0.39 is 6.98 Å². The summed E-state index contributed by atoms with van der Waals surface area (Å²) in [5, 5.41) is 10.1. The van der Waals surface area contributed by atoms with Crippen LogP contribution in [0.2, 0.25) is 0 Å². The highest BCUT2D eigenvalue weighted by molar-refractivity contribution is 5.50. The Kier molecular flexibility index (Phi) is 4.00. The van der Waals surface area contributed by atoms with Gasteiger partial charge >= 0.3 is 0 Å². The van der Waals surface area contributed by atoms with Crippen LogP contribution >= 0.6 is 0 Å². The molecule has 3 rings (SSSR count). The van der Waals surface area contributed by atoms with Gasteiger partial charge in [0, 0.05) is 16.7 Å². The van der Waals surface area contributed by atoms with E-state index in [4.69, 9.17) is 18.3 Å². The number of ether oxygens (including phenoxy) is 3. The van der Waals surface area contributed by atoms with Crippen LogP contribution in [0, 0.1) is 0 Å². The molecule has 0 spiro atoms. The molecule has 0 saturated heterocycles. The van der Waals surface area contributed by atoms with Crippen molar-refractivity contribution in [1.29, 1.82) is 0 Å². The molecular weight excluding hydrogens is 318 g/mol. The lowest BCUT2D eigenvalue weighted by molar-refractivity contribution is 0.227. The number of nitrogens with zero attached hydrogens (tertiary/aromatic N) is 1. The monoisotopic (exact) mass is 346 g/mol. The maximum atomic E-state index is 10.1. The van der Waals surface area contributed by atoms with E-state index in [1.165, 1.54) is 12.0 Å². The average molecular weight is 346 g/mol. The van der Waals surface area contributed by atoms with E-state index in [1.54, 1.807) is 26.4 Å². The lowest BCUT2D eigenvalue weighted by atomic mass is 9.88. The molecule has 0 bridgehead atoms. The van der Waals surface area contributed by atoms with E-state index in [2.05, 4.69) is 0 Å². The van der Waals surface area contributed by atoms with Crippen molar-refractivity contribution in [2.75, 3.05) is 34.8 Å². The van der Waals surface area contributed by atoms with Crippen LogP contribution in [0.25, 0.3) is 0 Å². The molecule has 0 radical (unpaired) electrons. The number of phenolic OH excluding ortho intramolecular Hbond substituents is 1. The summed E-state index contributed by atoms with van der Waals surface area (Å²) in [6.07, 6.45) is 1.04. The highest BCUT2D eigenvalue weighted by Crippen LogP contribution is 2.39. The molecule has 0 aromatic heterocycles. The second kappa shape index (κ2) is 7.23. The number of hydrogen-bond acceptors (Lipinski definition) is 5. The highest BCUT2D eigenvalue weighted by Gasteiger charge is 2.27. The maximum Gasteiger partial charge on any atom is 0.161 e. The molecule has 1 heterocycles. The van der Waals surface area contributed by atoms with Gasteiger partial charge in [0.1, 0.15) is 0 Å². The second-order valence-corrected chi connectivity index (χ2v) is 6.08. The van der Waals surface area contributed by atoms with Crippen LogP contribution in [-0.2, 0) is 12.8 Å². The van der Waals surface area contributed by atoms with E-state index in [1.807, 2.05) is 18.2 Å². The first kappa shape index (κ1) is 13.8. The number of fused-ring (bicyclic) bond motifs is 1. The number of likely N-dealkylation sites (N-methyl/N-ethyl adjacent to an activating group) is 1. The van der Waals surface area contributed by atoms with Gasteiger partial charge in [-0.05, 0) is 60.8 Å². The quantitative estimate of drug-likeness (QED) is 0.901. The maximum absolute atomic E-state index is 10.1. The van der Waals surface area contributed by atoms with Gasteiger partial charge in [-0.15, -0.1) is 0 Å². The minimum Gasteiger partial charge on any atom is -0.504 e. The van der Waals surface area contributed by atoms with Gasteiger partial charge in [-0.2, -0.15) is 0 Å². The Morgan fingerprint density at radius 2 is 1.80 bits per heavy atom. The lowest BCUT2D eigenvalue weighted by Gasteiger charge is -2.35. The Labute approximate surface area is 153 Å². The fraction of sp³-hybridized carbons (Fsp3) is 0.400. The van der Waals surface area contributed by atoms with Gasteiger partial charge in [-0.3, -0.25) is 4.90 Å². The Morgan fingerprint density at radius 3 is 2.44 bits per heavy atom. The van der Waals surface area contributed by atoms with Crippen LogP contribution < -0.4 is 14.2 Å². The van der Waals surface area contributed by atoms with Gasteiger partial charge < -0.3 is 19.3 Å². The SMILES string of the molecule is [2H]C([2H])([2H])N1CCc2cc(OC)c(OC)cc2C1Cc1ccc(OC)c(O)c1. The number of phenols is 1. The third-order valence-corrected chi connectivity index (χ3v) is 4.67.